The predicted octanol–water partition coefficient (Wildman–Crippen LogP) is 2.82. The molecule has 0 aromatic carbocycles. The molecule has 2 nitrogen and oxygen atoms in total. The standard InChI is InChI=1S/C6H4F3IN2S/c1-13-5-11-2-3(4(10)12-5)6(7,8)9/h2H,1H3. The minimum absolute atomic E-state index is 0.0653. The molecule has 0 N–H and O–H groups in total. The van der Waals surface area contributed by atoms with Crippen LogP contribution in [0.15, 0.2) is 11.4 Å². The lowest BCUT2D eigenvalue weighted by atomic mass is 10.3. The first-order valence-corrected chi connectivity index (χ1v) is 5.39. The van der Waals surface area contributed by atoms with Gasteiger partial charge in [0.2, 0.25) is 0 Å². The third-order valence-electron chi connectivity index (χ3n) is 1.21. The molecular weight excluding hydrogens is 316 g/mol. The van der Waals surface area contributed by atoms with Gasteiger partial charge in [-0.15, -0.1) is 0 Å². The molecule has 0 amide bonds. The molecule has 1 heterocycles. The first-order valence-electron chi connectivity index (χ1n) is 3.09. The largest absolute Gasteiger partial charge is 0.420 e. The van der Waals surface area contributed by atoms with E-state index >= 15 is 0 Å². The van der Waals surface area contributed by atoms with Crippen molar-refractivity contribution in [2.24, 2.45) is 0 Å². The van der Waals surface area contributed by atoms with E-state index in [0.717, 1.165) is 6.20 Å². The minimum Gasteiger partial charge on any atom is -0.230 e. The molecule has 13 heavy (non-hydrogen) atoms. The average molecular weight is 320 g/mol. The molecule has 0 saturated heterocycles. The fourth-order valence-electron chi connectivity index (χ4n) is 0.635. The Morgan fingerprint density at radius 2 is 2.08 bits per heavy atom. The maximum absolute atomic E-state index is 12.2. The smallest absolute Gasteiger partial charge is 0.230 e. The van der Waals surface area contributed by atoms with Crippen LogP contribution in [0.3, 0.4) is 0 Å². The predicted molar refractivity (Wildman–Crippen MR) is 51.5 cm³/mol. The highest BCUT2D eigenvalue weighted by Crippen LogP contribution is 2.31. The van der Waals surface area contributed by atoms with Crippen molar-refractivity contribution >= 4 is 34.4 Å². The molecule has 1 aromatic heterocycles. The Morgan fingerprint density at radius 1 is 1.46 bits per heavy atom. The quantitative estimate of drug-likeness (QED) is 0.344. The lowest BCUT2D eigenvalue weighted by molar-refractivity contribution is -0.138. The molecule has 0 aliphatic heterocycles. The first-order chi connectivity index (χ1) is 5.95. The lowest BCUT2D eigenvalue weighted by Gasteiger charge is -2.07. The molecule has 0 radical (unpaired) electrons. The zero-order chi connectivity index (χ0) is 10.1. The van der Waals surface area contributed by atoms with Crippen molar-refractivity contribution in [3.8, 4) is 0 Å². The molecular formula is C6H4F3IN2S. The van der Waals surface area contributed by atoms with Crippen LogP contribution in [-0.4, -0.2) is 16.2 Å². The van der Waals surface area contributed by atoms with E-state index < -0.39 is 11.7 Å². The number of hydrogen-bond acceptors (Lipinski definition) is 3. The van der Waals surface area contributed by atoms with Crippen LogP contribution < -0.4 is 0 Å². The maximum atomic E-state index is 12.2. The zero-order valence-corrected chi connectivity index (χ0v) is 9.37. The van der Waals surface area contributed by atoms with Crippen molar-refractivity contribution in [1.82, 2.24) is 9.97 Å². The number of halogens is 4. The van der Waals surface area contributed by atoms with Crippen molar-refractivity contribution in [2.75, 3.05) is 6.26 Å². The van der Waals surface area contributed by atoms with E-state index in [9.17, 15) is 13.2 Å². The maximum Gasteiger partial charge on any atom is 0.420 e. The third-order valence-corrected chi connectivity index (χ3v) is 2.59. The van der Waals surface area contributed by atoms with Gasteiger partial charge in [-0.1, -0.05) is 11.8 Å². The second-order valence-corrected chi connectivity index (χ2v) is 3.85. The van der Waals surface area contributed by atoms with Crippen LogP contribution in [0.1, 0.15) is 5.56 Å². The number of hydrogen-bond donors (Lipinski definition) is 0. The molecule has 0 fully saturated rings. The summed E-state index contributed by atoms with van der Waals surface area (Å²) in [7, 11) is 0. The molecule has 7 heteroatoms. The van der Waals surface area contributed by atoms with Gasteiger partial charge in [0.05, 0.1) is 0 Å². The first kappa shape index (κ1) is 11.0. The molecule has 0 saturated carbocycles. The van der Waals surface area contributed by atoms with E-state index in [0.29, 0.717) is 5.16 Å². The number of thioether (sulfide) groups is 1. The Balaban J connectivity index is 3.13. The van der Waals surface area contributed by atoms with Gasteiger partial charge >= 0.3 is 6.18 Å². The number of aromatic nitrogens is 2. The van der Waals surface area contributed by atoms with E-state index in [1.54, 1.807) is 28.8 Å². The number of alkyl halides is 3. The highest BCUT2D eigenvalue weighted by Gasteiger charge is 2.34. The van der Waals surface area contributed by atoms with Crippen molar-refractivity contribution in [3.05, 3.63) is 15.5 Å². The SMILES string of the molecule is CSc1ncc(C(F)(F)F)c(I)n1. The highest BCUT2D eigenvalue weighted by molar-refractivity contribution is 14.1. The molecule has 0 bridgehead atoms. The summed E-state index contributed by atoms with van der Waals surface area (Å²) < 4.78 is 36.5. The molecule has 72 valence electrons. The second kappa shape index (κ2) is 3.99. The summed E-state index contributed by atoms with van der Waals surface area (Å²) in [5.41, 5.74) is -0.786. The van der Waals surface area contributed by atoms with E-state index in [1.165, 1.54) is 11.8 Å². The molecule has 0 unspecified atom stereocenters. The van der Waals surface area contributed by atoms with Crippen LogP contribution in [0.25, 0.3) is 0 Å². The van der Waals surface area contributed by atoms with Crippen LogP contribution in [0, 0.1) is 3.70 Å². The Kier molecular flexibility index (Phi) is 3.38. The number of rotatable bonds is 1. The van der Waals surface area contributed by atoms with Crippen molar-refractivity contribution in [1.29, 1.82) is 0 Å². The monoisotopic (exact) mass is 320 g/mol. The van der Waals surface area contributed by atoms with Crippen molar-refractivity contribution in [3.63, 3.8) is 0 Å². The van der Waals surface area contributed by atoms with Gasteiger partial charge in [-0.25, -0.2) is 9.97 Å². The van der Waals surface area contributed by atoms with Crippen LogP contribution in [0.5, 0.6) is 0 Å². The lowest BCUT2D eigenvalue weighted by Crippen LogP contribution is -2.10. The molecule has 0 aliphatic rings. The minimum atomic E-state index is -4.37. The van der Waals surface area contributed by atoms with Crippen LogP contribution in [0.2, 0.25) is 0 Å². The summed E-state index contributed by atoms with van der Waals surface area (Å²) >= 11 is 2.76. The van der Waals surface area contributed by atoms with E-state index in [1.807, 2.05) is 0 Å². The van der Waals surface area contributed by atoms with Gasteiger partial charge < -0.3 is 0 Å². The Labute approximate surface area is 90.5 Å². The summed E-state index contributed by atoms with van der Waals surface area (Å²) in [5.74, 6) is 0. The molecule has 1 rings (SSSR count). The van der Waals surface area contributed by atoms with Crippen LogP contribution in [-0.2, 0) is 6.18 Å². The summed E-state index contributed by atoms with van der Waals surface area (Å²) in [5, 5.41) is 0.345. The van der Waals surface area contributed by atoms with Gasteiger partial charge in [0.1, 0.15) is 9.26 Å². The Hall–Kier alpha value is -0.0500. The average Bonchev–Trinajstić information content (AvgIpc) is 2.01. The van der Waals surface area contributed by atoms with Gasteiger partial charge in [0.15, 0.2) is 5.16 Å². The highest BCUT2D eigenvalue weighted by atomic mass is 127. The summed E-state index contributed by atoms with van der Waals surface area (Å²) in [6, 6.07) is 0. The van der Waals surface area contributed by atoms with Gasteiger partial charge in [0, 0.05) is 6.20 Å². The van der Waals surface area contributed by atoms with Gasteiger partial charge in [-0.2, -0.15) is 13.2 Å². The van der Waals surface area contributed by atoms with Crippen LogP contribution >= 0.6 is 34.4 Å². The van der Waals surface area contributed by atoms with E-state index in [4.69, 9.17) is 0 Å². The molecule has 0 spiro atoms. The third kappa shape index (κ3) is 2.70. The summed E-state index contributed by atoms with van der Waals surface area (Å²) in [4.78, 5) is 7.23. The second-order valence-electron chi connectivity index (χ2n) is 2.06. The Bertz CT molecular complexity index is 315. The van der Waals surface area contributed by atoms with Gasteiger partial charge in [-0.05, 0) is 28.8 Å². The fraction of sp³-hybridized carbons (Fsp3) is 0.333. The summed E-state index contributed by atoms with van der Waals surface area (Å²) in [6.45, 7) is 0. The van der Waals surface area contributed by atoms with Crippen LogP contribution in [0.4, 0.5) is 13.2 Å². The molecule has 1 aromatic rings. The zero-order valence-electron chi connectivity index (χ0n) is 6.39. The van der Waals surface area contributed by atoms with Gasteiger partial charge in [0.25, 0.3) is 0 Å². The normalized spacial score (nSPS) is 11.8. The van der Waals surface area contributed by atoms with Gasteiger partial charge in [-0.3, -0.25) is 0 Å². The topological polar surface area (TPSA) is 25.8 Å². The fourth-order valence-corrected chi connectivity index (χ4v) is 1.81. The number of nitrogens with zero attached hydrogens (tertiary/aromatic N) is 2. The van der Waals surface area contributed by atoms with E-state index in [-0.39, 0.29) is 3.70 Å². The Morgan fingerprint density at radius 3 is 2.46 bits per heavy atom. The molecule has 0 atom stereocenters. The van der Waals surface area contributed by atoms with Crippen molar-refractivity contribution in [2.45, 2.75) is 11.3 Å². The summed E-state index contributed by atoms with van der Waals surface area (Å²) in [6.07, 6.45) is -1.85. The molecule has 0 aliphatic carbocycles. The van der Waals surface area contributed by atoms with Crippen molar-refractivity contribution < 1.29 is 13.2 Å². The van der Waals surface area contributed by atoms with E-state index in [2.05, 4.69) is 9.97 Å².